The van der Waals surface area contributed by atoms with E-state index in [4.69, 9.17) is 0 Å². The Labute approximate surface area is 114 Å². The second-order valence-corrected chi connectivity index (χ2v) is 5.97. The first-order valence-corrected chi connectivity index (χ1v) is 7.58. The number of carbonyl (C=O) groups is 1. The Morgan fingerprint density at radius 3 is 2.37 bits per heavy atom. The predicted molar refractivity (Wildman–Crippen MR) is 72.2 cm³/mol. The minimum atomic E-state index is -3.70. The van der Waals surface area contributed by atoms with Gasteiger partial charge in [0.05, 0.1) is 12.0 Å². The molecular weight excluding hydrogens is 266 g/mol. The molecule has 0 aliphatic heterocycles. The van der Waals surface area contributed by atoms with Gasteiger partial charge in [0.25, 0.3) is 0 Å². The van der Waals surface area contributed by atoms with Crippen molar-refractivity contribution in [3.63, 3.8) is 0 Å². The molecule has 0 bridgehead atoms. The van der Waals surface area contributed by atoms with Gasteiger partial charge in [-0.1, -0.05) is 25.5 Å². The van der Waals surface area contributed by atoms with Crippen LogP contribution >= 0.6 is 0 Å². The molecule has 19 heavy (non-hydrogen) atoms. The molecule has 0 fully saturated rings. The minimum absolute atomic E-state index is 0.142. The van der Waals surface area contributed by atoms with Crippen LogP contribution in [0.1, 0.15) is 25.8 Å². The summed E-state index contributed by atoms with van der Waals surface area (Å²) in [6.45, 7) is 3.50. The number of methoxy groups -OCH3 is 1. The highest BCUT2D eigenvalue weighted by molar-refractivity contribution is 7.89. The Bertz CT molecular complexity index is 522. The van der Waals surface area contributed by atoms with Gasteiger partial charge in [-0.2, -0.15) is 4.72 Å². The highest BCUT2D eigenvalue weighted by Crippen LogP contribution is 2.12. The van der Waals surface area contributed by atoms with Crippen molar-refractivity contribution >= 4 is 16.0 Å². The van der Waals surface area contributed by atoms with Gasteiger partial charge in [0.1, 0.15) is 6.04 Å². The number of aryl methyl sites for hydroxylation is 1. The van der Waals surface area contributed by atoms with Gasteiger partial charge in [-0.15, -0.1) is 0 Å². The molecule has 1 aromatic rings. The number of sulfonamides is 1. The van der Waals surface area contributed by atoms with Crippen LogP contribution in [0.25, 0.3) is 0 Å². The van der Waals surface area contributed by atoms with E-state index >= 15 is 0 Å². The van der Waals surface area contributed by atoms with Crippen molar-refractivity contribution in [1.82, 2.24) is 4.72 Å². The van der Waals surface area contributed by atoms with Crippen LogP contribution in [0.3, 0.4) is 0 Å². The molecule has 0 saturated carbocycles. The number of carbonyl (C=O) groups excluding carboxylic acids is 1. The van der Waals surface area contributed by atoms with Crippen LogP contribution in [0.4, 0.5) is 0 Å². The van der Waals surface area contributed by atoms with Crippen molar-refractivity contribution in [3.8, 4) is 0 Å². The molecule has 0 spiro atoms. The minimum Gasteiger partial charge on any atom is -0.468 e. The van der Waals surface area contributed by atoms with Crippen LogP contribution in [0, 0.1) is 0 Å². The Kier molecular flexibility index (Phi) is 5.50. The lowest BCUT2D eigenvalue weighted by atomic mass is 10.1. The van der Waals surface area contributed by atoms with Crippen molar-refractivity contribution in [3.05, 3.63) is 29.8 Å². The first-order chi connectivity index (χ1) is 8.90. The van der Waals surface area contributed by atoms with Crippen LogP contribution in [0.2, 0.25) is 0 Å². The van der Waals surface area contributed by atoms with Crippen LogP contribution < -0.4 is 4.72 Å². The highest BCUT2D eigenvalue weighted by Gasteiger charge is 2.22. The van der Waals surface area contributed by atoms with Gasteiger partial charge < -0.3 is 4.74 Å². The topological polar surface area (TPSA) is 72.5 Å². The number of hydrogen-bond acceptors (Lipinski definition) is 4. The summed E-state index contributed by atoms with van der Waals surface area (Å²) in [5, 5.41) is 0. The Morgan fingerprint density at radius 2 is 1.89 bits per heavy atom. The zero-order chi connectivity index (χ0) is 14.5. The van der Waals surface area contributed by atoms with E-state index in [9.17, 15) is 13.2 Å². The van der Waals surface area contributed by atoms with Crippen molar-refractivity contribution in [2.24, 2.45) is 0 Å². The number of ether oxygens (including phenoxy) is 1. The average molecular weight is 285 g/mol. The first-order valence-electron chi connectivity index (χ1n) is 6.09. The number of benzene rings is 1. The van der Waals surface area contributed by atoms with Crippen LogP contribution in [-0.2, 0) is 26.0 Å². The molecule has 0 aliphatic carbocycles. The van der Waals surface area contributed by atoms with E-state index in [0.717, 1.165) is 18.4 Å². The number of nitrogens with one attached hydrogen (secondary N) is 1. The molecule has 0 radical (unpaired) electrons. The van der Waals surface area contributed by atoms with Crippen molar-refractivity contribution in [1.29, 1.82) is 0 Å². The largest absolute Gasteiger partial charge is 0.468 e. The quantitative estimate of drug-likeness (QED) is 0.804. The summed E-state index contributed by atoms with van der Waals surface area (Å²) in [5.74, 6) is -0.619. The molecule has 1 unspecified atom stereocenters. The standard InChI is InChI=1S/C13H19NO4S/c1-4-5-11-6-8-12(9-7-11)19(16,17)14-10(2)13(15)18-3/h6-10,14H,4-5H2,1-3H3. The maximum atomic E-state index is 12.0. The predicted octanol–water partition coefficient (Wildman–Crippen LogP) is 1.48. The molecule has 6 heteroatoms. The molecule has 106 valence electrons. The second kappa shape index (κ2) is 6.68. The van der Waals surface area contributed by atoms with Gasteiger partial charge in [0, 0.05) is 0 Å². The van der Waals surface area contributed by atoms with Crippen LogP contribution in [0.15, 0.2) is 29.2 Å². The molecule has 1 N–H and O–H groups in total. The number of hydrogen-bond donors (Lipinski definition) is 1. The van der Waals surface area contributed by atoms with E-state index in [2.05, 4.69) is 16.4 Å². The summed E-state index contributed by atoms with van der Waals surface area (Å²) < 4.78 is 30.8. The van der Waals surface area contributed by atoms with Gasteiger partial charge in [-0.05, 0) is 31.0 Å². The van der Waals surface area contributed by atoms with Gasteiger partial charge in [-0.3, -0.25) is 4.79 Å². The summed E-state index contributed by atoms with van der Waals surface area (Å²) in [6.07, 6.45) is 1.91. The summed E-state index contributed by atoms with van der Waals surface area (Å²) in [4.78, 5) is 11.4. The lowest BCUT2D eigenvalue weighted by molar-refractivity contribution is -0.142. The zero-order valence-electron chi connectivity index (χ0n) is 11.3. The summed E-state index contributed by atoms with van der Waals surface area (Å²) >= 11 is 0. The molecule has 0 heterocycles. The van der Waals surface area contributed by atoms with Crippen molar-refractivity contribution in [2.45, 2.75) is 37.6 Å². The van der Waals surface area contributed by atoms with Crippen molar-refractivity contribution in [2.75, 3.05) is 7.11 Å². The highest BCUT2D eigenvalue weighted by atomic mass is 32.2. The van der Waals surface area contributed by atoms with E-state index in [1.807, 2.05) is 0 Å². The van der Waals surface area contributed by atoms with Crippen LogP contribution in [0.5, 0.6) is 0 Å². The third-order valence-electron chi connectivity index (χ3n) is 2.66. The molecule has 0 amide bonds. The molecule has 1 atom stereocenters. The van der Waals surface area contributed by atoms with E-state index < -0.39 is 22.0 Å². The Balaban J connectivity index is 2.85. The zero-order valence-corrected chi connectivity index (χ0v) is 12.2. The number of esters is 1. The molecule has 0 aliphatic rings. The molecule has 0 saturated heterocycles. The van der Waals surface area contributed by atoms with E-state index in [1.54, 1.807) is 12.1 Å². The number of rotatable bonds is 6. The maximum Gasteiger partial charge on any atom is 0.323 e. The fourth-order valence-corrected chi connectivity index (χ4v) is 2.84. The fraction of sp³-hybridized carbons (Fsp3) is 0.462. The lowest BCUT2D eigenvalue weighted by Crippen LogP contribution is -2.39. The molecule has 5 nitrogen and oxygen atoms in total. The van der Waals surface area contributed by atoms with Crippen LogP contribution in [-0.4, -0.2) is 27.5 Å². The van der Waals surface area contributed by atoms with Crippen molar-refractivity contribution < 1.29 is 17.9 Å². The van der Waals surface area contributed by atoms with E-state index in [1.165, 1.54) is 26.2 Å². The second-order valence-electron chi connectivity index (χ2n) is 4.26. The lowest BCUT2D eigenvalue weighted by Gasteiger charge is -2.12. The van der Waals surface area contributed by atoms with E-state index in [-0.39, 0.29) is 4.90 Å². The summed E-state index contributed by atoms with van der Waals surface area (Å²) in [5.41, 5.74) is 1.09. The summed E-state index contributed by atoms with van der Waals surface area (Å²) in [7, 11) is -2.48. The third kappa shape index (κ3) is 4.33. The third-order valence-corrected chi connectivity index (χ3v) is 4.22. The van der Waals surface area contributed by atoms with Gasteiger partial charge >= 0.3 is 5.97 Å². The molecular formula is C13H19NO4S. The SMILES string of the molecule is CCCc1ccc(S(=O)(=O)NC(C)C(=O)OC)cc1. The van der Waals surface area contributed by atoms with Gasteiger partial charge in [0.2, 0.25) is 10.0 Å². The summed E-state index contributed by atoms with van der Waals surface area (Å²) in [6, 6.07) is 5.72. The molecule has 1 aromatic carbocycles. The normalized spacial score (nSPS) is 13.0. The molecule has 0 aromatic heterocycles. The van der Waals surface area contributed by atoms with Gasteiger partial charge in [0.15, 0.2) is 0 Å². The average Bonchev–Trinajstić information content (AvgIpc) is 2.38. The monoisotopic (exact) mass is 285 g/mol. The van der Waals surface area contributed by atoms with E-state index in [0.29, 0.717) is 0 Å². The maximum absolute atomic E-state index is 12.0. The Hall–Kier alpha value is -1.40. The Morgan fingerprint density at radius 1 is 1.32 bits per heavy atom. The first kappa shape index (κ1) is 15.7. The fourth-order valence-electron chi connectivity index (χ4n) is 1.65. The smallest absolute Gasteiger partial charge is 0.323 e. The molecule has 1 rings (SSSR count). The van der Waals surface area contributed by atoms with Gasteiger partial charge in [-0.25, -0.2) is 8.42 Å².